The zero-order valence-corrected chi connectivity index (χ0v) is 14.1. The van der Waals surface area contributed by atoms with E-state index >= 15 is 0 Å². The van der Waals surface area contributed by atoms with Gasteiger partial charge in [0.2, 0.25) is 10.0 Å². The van der Waals surface area contributed by atoms with Crippen molar-refractivity contribution in [2.45, 2.75) is 25.7 Å². The Morgan fingerprint density at radius 2 is 1.96 bits per heavy atom. The molecular formula is C15H20N4O3S. The number of carbonyl (C=O) groups is 1. The molecule has 0 aliphatic rings. The number of amides is 1. The van der Waals surface area contributed by atoms with Crippen molar-refractivity contribution in [3.05, 3.63) is 46.8 Å². The Bertz CT molecular complexity index is 792. The van der Waals surface area contributed by atoms with Crippen molar-refractivity contribution < 1.29 is 13.2 Å². The average Bonchev–Trinajstić information content (AvgIpc) is 2.83. The molecule has 0 unspecified atom stereocenters. The number of hydrogen-bond donors (Lipinski definition) is 3. The summed E-state index contributed by atoms with van der Waals surface area (Å²) in [6.07, 6.45) is 0. The van der Waals surface area contributed by atoms with E-state index in [2.05, 4.69) is 20.2 Å². The van der Waals surface area contributed by atoms with Crippen LogP contribution in [0.2, 0.25) is 0 Å². The fourth-order valence-corrected chi connectivity index (χ4v) is 3.66. The number of H-pyrrole nitrogens is 1. The lowest BCUT2D eigenvalue weighted by atomic mass is 10.1. The highest BCUT2D eigenvalue weighted by atomic mass is 32.2. The summed E-state index contributed by atoms with van der Waals surface area (Å²) in [5.41, 5.74) is 2.44. The number of benzene rings is 1. The van der Waals surface area contributed by atoms with Gasteiger partial charge in [-0.1, -0.05) is 17.7 Å². The minimum Gasteiger partial charge on any atom is -0.351 e. The highest BCUT2D eigenvalue weighted by molar-refractivity contribution is 7.89. The van der Waals surface area contributed by atoms with E-state index in [1.165, 1.54) is 0 Å². The highest BCUT2D eigenvalue weighted by Gasteiger charge is 2.21. The summed E-state index contributed by atoms with van der Waals surface area (Å²) in [5, 5.41) is 9.20. The van der Waals surface area contributed by atoms with Crippen molar-refractivity contribution in [1.82, 2.24) is 20.2 Å². The van der Waals surface area contributed by atoms with Gasteiger partial charge in [0.15, 0.2) is 0 Å². The van der Waals surface area contributed by atoms with Crippen molar-refractivity contribution >= 4 is 15.9 Å². The molecule has 0 saturated heterocycles. The van der Waals surface area contributed by atoms with E-state index in [0.717, 1.165) is 5.56 Å². The van der Waals surface area contributed by atoms with Crippen LogP contribution in [0.4, 0.5) is 0 Å². The van der Waals surface area contributed by atoms with E-state index in [0.29, 0.717) is 17.0 Å². The maximum absolute atomic E-state index is 12.2. The number of sulfonamides is 1. The molecule has 2 rings (SSSR count). The van der Waals surface area contributed by atoms with Gasteiger partial charge in [0.05, 0.1) is 11.4 Å². The molecule has 23 heavy (non-hydrogen) atoms. The molecule has 0 atom stereocenters. The van der Waals surface area contributed by atoms with Crippen LogP contribution in [0.5, 0.6) is 0 Å². The Hall–Kier alpha value is -2.19. The minimum absolute atomic E-state index is 0.101. The predicted molar refractivity (Wildman–Crippen MR) is 86.8 cm³/mol. The fraction of sp³-hybridized carbons (Fsp3) is 0.333. The topological polar surface area (TPSA) is 104 Å². The van der Waals surface area contributed by atoms with Crippen LogP contribution in [-0.4, -0.2) is 37.6 Å². The Labute approximate surface area is 135 Å². The van der Waals surface area contributed by atoms with Crippen LogP contribution in [-0.2, 0) is 10.0 Å². The lowest BCUT2D eigenvalue weighted by molar-refractivity contribution is 0.0954. The number of aromatic nitrogens is 2. The standard InChI is InChI=1S/C15H20N4O3S/c1-10-5-4-6-13(9-10)15(20)16-7-8-17-23(21,22)14-11(2)18-19-12(14)3/h4-6,9,17H,7-8H2,1-3H3,(H,16,20)(H,18,19). The molecule has 8 heteroatoms. The predicted octanol–water partition coefficient (Wildman–Crippen LogP) is 1.04. The number of aromatic amines is 1. The van der Waals surface area contributed by atoms with Gasteiger partial charge in [-0.3, -0.25) is 9.89 Å². The average molecular weight is 336 g/mol. The first-order valence-electron chi connectivity index (χ1n) is 7.17. The Morgan fingerprint density at radius 1 is 1.22 bits per heavy atom. The largest absolute Gasteiger partial charge is 0.351 e. The molecule has 1 amide bonds. The van der Waals surface area contributed by atoms with E-state index < -0.39 is 10.0 Å². The van der Waals surface area contributed by atoms with Gasteiger partial charge >= 0.3 is 0 Å². The summed E-state index contributed by atoms with van der Waals surface area (Å²) in [6, 6.07) is 7.19. The molecule has 0 fully saturated rings. The van der Waals surface area contributed by atoms with Gasteiger partial charge in [0.1, 0.15) is 4.90 Å². The van der Waals surface area contributed by atoms with Crippen molar-refractivity contribution in [3.8, 4) is 0 Å². The highest BCUT2D eigenvalue weighted by Crippen LogP contribution is 2.15. The Balaban J connectivity index is 1.89. The molecule has 1 heterocycles. The van der Waals surface area contributed by atoms with Gasteiger partial charge in [-0.2, -0.15) is 5.10 Å². The van der Waals surface area contributed by atoms with Crippen LogP contribution in [0.25, 0.3) is 0 Å². The zero-order valence-electron chi connectivity index (χ0n) is 13.3. The lowest BCUT2D eigenvalue weighted by Gasteiger charge is -2.08. The molecule has 0 spiro atoms. The quantitative estimate of drug-likeness (QED) is 0.686. The molecule has 0 aliphatic carbocycles. The smallest absolute Gasteiger partial charge is 0.251 e. The summed E-state index contributed by atoms with van der Waals surface area (Å²) in [7, 11) is -3.64. The number of rotatable bonds is 6. The van der Waals surface area contributed by atoms with E-state index in [4.69, 9.17) is 0 Å². The third kappa shape index (κ3) is 4.17. The van der Waals surface area contributed by atoms with Crippen LogP contribution in [0.1, 0.15) is 27.3 Å². The van der Waals surface area contributed by atoms with Crippen LogP contribution >= 0.6 is 0 Å². The first-order chi connectivity index (χ1) is 10.8. The van der Waals surface area contributed by atoms with Crippen LogP contribution in [0, 0.1) is 20.8 Å². The van der Waals surface area contributed by atoms with Gasteiger partial charge in [-0.25, -0.2) is 13.1 Å². The van der Waals surface area contributed by atoms with E-state index in [1.807, 2.05) is 13.0 Å². The van der Waals surface area contributed by atoms with Gasteiger partial charge in [0.25, 0.3) is 5.91 Å². The molecule has 0 radical (unpaired) electrons. The second-order valence-electron chi connectivity index (χ2n) is 5.29. The molecular weight excluding hydrogens is 316 g/mol. The first-order valence-corrected chi connectivity index (χ1v) is 8.65. The summed E-state index contributed by atoms with van der Waals surface area (Å²) < 4.78 is 26.9. The number of nitrogens with one attached hydrogen (secondary N) is 3. The minimum atomic E-state index is -3.64. The van der Waals surface area contributed by atoms with Crippen molar-refractivity contribution in [2.75, 3.05) is 13.1 Å². The van der Waals surface area contributed by atoms with Crippen molar-refractivity contribution in [2.24, 2.45) is 0 Å². The Kier molecular flexibility index (Phi) is 5.17. The molecule has 2 aromatic rings. The number of hydrogen-bond acceptors (Lipinski definition) is 4. The maximum Gasteiger partial charge on any atom is 0.251 e. The first kappa shape index (κ1) is 17.2. The number of nitrogens with zero attached hydrogens (tertiary/aromatic N) is 1. The summed E-state index contributed by atoms with van der Waals surface area (Å²) in [5.74, 6) is -0.233. The third-order valence-electron chi connectivity index (χ3n) is 3.31. The van der Waals surface area contributed by atoms with E-state index in [9.17, 15) is 13.2 Å². The van der Waals surface area contributed by atoms with E-state index in [1.54, 1.807) is 32.0 Å². The van der Waals surface area contributed by atoms with Gasteiger partial charge in [-0.15, -0.1) is 0 Å². The maximum atomic E-state index is 12.2. The normalized spacial score (nSPS) is 11.4. The SMILES string of the molecule is Cc1cccc(C(=O)NCCNS(=O)(=O)c2c(C)n[nH]c2C)c1. The van der Waals surface area contributed by atoms with Gasteiger partial charge < -0.3 is 5.32 Å². The molecule has 7 nitrogen and oxygen atoms in total. The summed E-state index contributed by atoms with van der Waals surface area (Å²) in [4.78, 5) is 12.1. The van der Waals surface area contributed by atoms with Crippen LogP contribution < -0.4 is 10.0 Å². The Morgan fingerprint density at radius 3 is 2.57 bits per heavy atom. The monoisotopic (exact) mass is 336 g/mol. The summed E-state index contributed by atoms with van der Waals surface area (Å²) in [6.45, 7) is 5.47. The third-order valence-corrected chi connectivity index (χ3v) is 5.04. The molecule has 0 aliphatic heterocycles. The molecule has 1 aromatic carbocycles. The number of carbonyl (C=O) groups excluding carboxylic acids is 1. The summed E-state index contributed by atoms with van der Waals surface area (Å²) >= 11 is 0. The van der Waals surface area contributed by atoms with Crippen molar-refractivity contribution in [1.29, 1.82) is 0 Å². The molecule has 0 saturated carbocycles. The second-order valence-corrected chi connectivity index (χ2v) is 6.99. The van der Waals surface area contributed by atoms with Crippen molar-refractivity contribution in [3.63, 3.8) is 0 Å². The molecule has 3 N–H and O–H groups in total. The second kappa shape index (κ2) is 6.93. The molecule has 124 valence electrons. The van der Waals surface area contributed by atoms with Crippen LogP contribution in [0.15, 0.2) is 29.2 Å². The molecule has 0 bridgehead atoms. The fourth-order valence-electron chi connectivity index (χ4n) is 2.26. The van der Waals surface area contributed by atoms with Crippen LogP contribution in [0.3, 0.4) is 0 Å². The van der Waals surface area contributed by atoms with Gasteiger partial charge in [0, 0.05) is 18.7 Å². The van der Waals surface area contributed by atoms with E-state index in [-0.39, 0.29) is 23.9 Å². The molecule has 1 aromatic heterocycles. The lowest BCUT2D eigenvalue weighted by Crippen LogP contribution is -2.35. The zero-order chi connectivity index (χ0) is 17.0. The number of aryl methyl sites for hydroxylation is 3. The van der Waals surface area contributed by atoms with Gasteiger partial charge in [-0.05, 0) is 32.9 Å².